The van der Waals surface area contributed by atoms with Gasteiger partial charge >= 0.3 is 0 Å². The van der Waals surface area contributed by atoms with Crippen molar-refractivity contribution in [1.29, 1.82) is 0 Å². The number of benzene rings is 2. The van der Waals surface area contributed by atoms with Crippen LogP contribution in [0.25, 0.3) is 0 Å². The van der Waals surface area contributed by atoms with Crippen molar-refractivity contribution in [2.24, 2.45) is 0 Å². The third-order valence-electron chi connectivity index (χ3n) is 3.57. The SMILES string of the molecule is C=CC(OCCCSC(C=C)c1ccccc1)c1ccccc1. The zero-order valence-corrected chi connectivity index (χ0v) is 14.3. The van der Waals surface area contributed by atoms with Crippen LogP contribution in [0.4, 0.5) is 0 Å². The lowest BCUT2D eigenvalue weighted by Crippen LogP contribution is -2.04. The molecule has 0 aliphatic heterocycles. The Morgan fingerprint density at radius 2 is 1.48 bits per heavy atom. The van der Waals surface area contributed by atoms with Crippen molar-refractivity contribution in [3.05, 3.63) is 97.1 Å². The minimum absolute atomic E-state index is 0.0227. The van der Waals surface area contributed by atoms with Crippen molar-refractivity contribution in [1.82, 2.24) is 0 Å². The molecule has 0 bridgehead atoms. The average Bonchev–Trinajstić information content (AvgIpc) is 2.63. The highest BCUT2D eigenvalue weighted by Crippen LogP contribution is 2.30. The molecule has 0 saturated carbocycles. The largest absolute Gasteiger partial charge is 0.369 e. The Labute approximate surface area is 144 Å². The first-order chi connectivity index (χ1) is 11.3. The molecule has 0 aliphatic carbocycles. The van der Waals surface area contributed by atoms with Crippen molar-refractivity contribution >= 4 is 11.8 Å². The summed E-state index contributed by atoms with van der Waals surface area (Å²) in [6, 6.07) is 20.7. The summed E-state index contributed by atoms with van der Waals surface area (Å²) >= 11 is 1.91. The van der Waals surface area contributed by atoms with Crippen LogP contribution in [0.3, 0.4) is 0 Å². The zero-order valence-electron chi connectivity index (χ0n) is 13.4. The van der Waals surface area contributed by atoms with Gasteiger partial charge in [0, 0.05) is 11.9 Å². The quantitative estimate of drug-likeness (QED) is 0.393. The van der Waals surface area contributed by atoms with Crippen molar-refractivity contribution < 1.29 is 4.74 Å². The van der Waals surface area contributed by atoms with E-state index in [9.17, 15) is 0 Å². The third kappa shape index (κ3) is 5.74. The van der Waals surface area contributed by atoms with E-state index >= 15 is 0 Å². The maximum absolute atomic E-state index is 5.94. The zero-order chi connectivity index (χ0) is 16.3. The smallest absolute Gasteiger partial charge is 0.100 e. The van der Waals surface area contributed by atoms with Gasteiger partial charge in [0.2, 0.25) is 0 Å². The van der Waals surface area contributed by atoms with Gasteiger partial charge in [0.15, 0.2) is 0 Å². The molecule has 0 aromatic heterocycles. The highest BCUT2D eigenvalue weighted by molar-refractivity contribution is 7.99. The molecule has 0 spiro atoms. The summed E-state index contributed by atoms with van der Waals surface area (Å²) < 4.78 is 5.94. The molecule has 0 N–H and O–H groups in total. The van der Waals surface area contributed by atoms with Gasteiger partial charge in [-0.05, 0) is 23.3 Å². The topological polar surface area (TPSA) is 9.23 Å². The van der Waals surface area contributed by atoms with Crippen LogP contribution in [0.1, 0.15) is 28.9 Å². The molecule has 0 heterocycles. The van der Waals surface area contributed by atoms with Gasteiger partial charge in [-0.1, -0.05) is 72.8 Å². The van der Waals surface area contributed by atoms with Crippen molar-refractivity contribution in [2.45, 2.75) is 17.8 Å². The van der Waals surface area contributed by atoms with Gasteiger partial charge in [0.05, 0.1) is 0 Å². The Bertz CT molecular complexity index is 526. The monoisotopic (exact) mass is 324 g/mol. The number of hydrogen-bond donors (Lipinski definition) is 0. The molecule has 0 radical (unpaired) electrons. The molecule has 2 atom stereocenters. The van der Waals surface area contributed by atoms with Crippen LogP contribution in [-0.4, -0.2) is 12.4 Å². The fourth-order valence-corrected chi connectivity index (χ4v) is 3.39. The molecule has 2 unspecified atom stereocenters. The van der Waals surface area contributed by atoms with E-state index in [-0.39, 0.29) is 6.10 Å². The lowest BCUT2D eigenvalue weighted by Gasteiger charge is -2.15. The van der Waals surface area contributed by atoms with Crippen LogP contribution >= 0.6 is 11.8 Å². The fourth-order valence-electron chi connectivity index (χ4n) is 2.37. The van der Waals surface area contributed by atoms with E-state index in [1.54, 1.807) is 0 Å². The standard InChI is InChI=1S/C21H24OS/c1-3-20(18-12-7-5-8-13-18)22-16-11-17-23-21(4-2)19-14-9-6-10-15-19/h3-10,12-15,20-21H,1-2,11,16-17H2. The first-order valence-electron chi connectivity index (χ1n) is 7.93. The minimum atomic E-state index is -0.0227. The molecule has 2 aromatic carbocycles. The summed E-state index contributed by atoms with van der Waals surface area (Å²) in [4.78, 5) is 0. The maximum atomic E-state index is 5.94. The van der Waals surface area contributed by atoms with E-state index in [1.165, 1.54) is 5.56 Å². The van der Waals surface area contributed by atoms with Gasteiger partial charge in [-0.15, -0.1) is 24.9 Å². The second-order valence-electron chi connectivity index (χ2n) is 5.23. The van der Waals surface area contributed by atoms with E-state index in [0.29, 0.717) is 5.25 Å². The Morgan fingerprint density at radius 3 is 2.04 bits per heavy atom. The van der Waals surface area contributed by atoms with E-state index in [0.717, 1.165) is 24.3 Å². The van der Waals surface area contributed by atoms with Crippen LogP contribution in [0.15, 0.2) is 86.0 Å². The van der Waals surface area contributed by atoms with Crippen molar-refractivity contribution in [3.8, 4) is 0 Å². The molecular formula is C21H24OS. The first kappa shape index (κ1) is 17.6. The lowest BCUT2D eigenvalue weighted by atomic mass is 10.1. The molecule has 1 nitrogen and oxygen atoms in total. The molecule has 2 rings (SSSR count). The minimum Gasteiger partial charge on any atom is -0.369 e. The second-order valence-corrected chi connectivity index (χ2v) is 6.48. The van der Waals surface area contributed by atoms with Crippen molar-refractivity contribution in [2.75, 3.05) is 12.4 Å². The Balaban J connectivity index is 1.72. The third-order valence-corrected chi connectivity index (χ3v) is 4.92. The van der Waals surface area contributed by atoms with E-state index in [2.05, 4.69) is 49.6 Å². The van der Waals surface area contributed by atoms with Gasteiger partial charge in [0.25, 0.3) is 0 Å². The molecule has 2 aromatic rings. The fraction of sp³-hybridized carbons (Fsp3) is 0.238. The van der Waals surface area contributed by atoms with Gasteiger partial charge in [0.1, 0.15) is 6.10 Å². The van der Waals surface area contributed by atoms with Gasteiger partial charge in [-0.3, -0.25) is 0 Å². The summed E-state index contributed by atoms with van der Waals surface area (Å²) in [5.74, 6) is 1.05. The summed E-state index contributed by atoms with van der Waals surface area (Å²) in [6.07, 6.45) is 4.86. The first-order valence-corrected chi connectivity index (χ1v) is 8.98. The van der Waals surface area contributed by atoms with Crippen LogP contribution in [-0.2, 0) is 4.74 Å². The van der Waals surface area contributed by atoms with E-state index in [1.807, 2.05) is 48.2 Å². The van der Waals surface area contributed by atoms with E-state index < -0.39 is 0 Å². The number of ether oxygens (including phenoxy) is 1. The van der Waals surface area contributed by atoms with Gasteiger partial charge in [-0.2, -0.15) is 0 Å². The molecular weight excluding hydrogens is 300 g/mol. The van der Waals surface area contributed by atoms with Gasteiger partial charge in [-0.25, -0.2) is 0 Å². The van der Waals surface area contributed by atoms with Crippen LogP contribution < -0.4 is 0 Å². The van der Waals surface area contributed by atoms with Crippen LogP contribution in [0, 0.1) is 0 Å². The summed E-state index contributed by atoms with van der Waals surface area (Å²) in [7, 11) is 0. The predicted octanol–water partition coefficient (Wildman–Crippen LogP) is 5.98. The Morgan fingerprint density at radius 1 is 0.870 bits per heavy atom. The van der Waals surface area contributed by atoms with Crippen LogP contribution in [0.5, 0.6) is 0 Å². The Kier molecular flexibility index (Phi) is 7.71. The number of rotatable bonds is 10. The molecule has 23 heavy (non-hydrogen) atoms. The highest BCUT2D eigenvalue weighted by Gasteiger charge is 2.09. The lowest BCUT2D eigenvalue weighted by molar-refractivity contribution is 0.0866. The maximum Gasteiger partial charge on any atom is 0.100 e. The number of thioether (sulfide) groups is 1. The molecule has 0 amide bonds. The second kappa shape index (κ2) is 10.1. The molecule has 2 heteroatoms. The van der Waals surface area contributed by atoms with Gasteiger partial charge < -0.3 is 4.74 Å². The highest BCUT2D eigenvalue weighted by atomic mass is 32.2. The summed E-state index contributed by atoms with van der Waals surface area (Å²) in [5, 5.41) is 0.348. The van der Waals surface area contributed by atoms with Crippen molar-refractivity contribution in [3.63, 3.8) is 0 Å². The normalized spacial score (nSPS) is 13.2. The van der Waals surface area contributed by atoms with E-state index in [4.69, 9.17) is 4.74 Å². The average molecular weight is 324 g/mol. The molecule has 0 fully saturated rings. The number of hydrogen-bond acceptors (Lipinski definition) is 2. The molecule has 0 saturated heterocycles. The predicted molar refractivity (Wildman–Crippen MR) is 102 cm³/mol. The summed E-state index contributed by atoms with van der Waals surface area (Å²) in [6.45, 7) is 8.56. The molecule has 120 valence electrons. The van der Waals surface area contributed by atoms with Crippen LogP contribution in [0.2, 0.25) is 0 Å². The molecule has 0 aliphatic rings. The summed E-state index contributed by atoms with van der Waals surface area (Å²) in [5.41, 5.74) is 2.46. The Hall–Kier alpha value is -1.77.